The van der Waals surface area contributed by atoms with Gasteiger partial charge in [-0.25, -0.2) is 4.79 Å². The maximum absolute atomic E-state index is 12.7. The van der Waals surface area contributed by atoms with E-state index in [1.807, 2.05) is 24.3 Å². The Morgan fingerprint density at radius 2 is 1.69 bits per heavy atom. The summed E-state index contributed by atoms with van der Waals surface area (Å²) in [4.78, 5) is 12.7. The molecular formula is C28H24Cl2N2O4. The average Bonchev–Trinajstić information content (AvgIpc) is 2.85. The zero-order valence-corrected chi connectivity index (χ0v) is 21.4. The molecule has 4 rings (SSSR count). The van der Waals surface area contributed by atoms with Gasteiger partial charge in [0.15, 0.2) is 6.10 Å². The van der Waals surface area contributed by atoms with E-state index in [0.717, 1.165) is 5.56 Å². The third-order valence-corrected chi connectivity index (χ3v) is 6.62. The number of benzene rings is 3. The molecule has 3 aromatic carbocycles. The van der Waals surface area contributed by atoms with Crippen LogP contribution in [-0.2, 0) is 4.79 Å². The predicted octanol–water partition coefficient (Wildman–Crippen LogP) is 6.71. The Morgan fingerprint density at radius 3 is 2.33 bits per heavy atom. The van der Waals surface area contributed by atoms with Crippen LogP contribution >= 0.6 is 23.2 Å². The van der Waals surface area contributed by atoms with E-state index in [4.69, 9.17) is 43.1 Å². The number of allylic oxidation sites excluding steroid dienone is 1. The quantitative estimate of drug-likeness (QED) is 0.285. The number of nitriles is 1. The summed E-state index contributed by atoms with van der Waals surface area (Å²) in [6.07, 6.45) is -0.842. The Balaban J connectivity index is 1.54. The molecule has 2 atom stereocenters. The van der Waals surface area contributed by atoms with E-state index in [1.165, 1.54) is 5.56 Å². The van der Waals surface area contributed by atoms with Gasteiger partial charge >= 0.3 is 5.97 Å². The minimum atomic E-state index is -0.842. The monoisotopic (exact) mass is 522 g/mol. The summed E-state index contributed by atoms with van der Waals surface area (Å²) in [5.74, 6) is 0.471. The van der Waals surface area contributed by atoms with Gasteiger partial charge in [0.05, 0.1) is 16.0 Å². The highest BCUT2D eigenvalue weighted by Crippen LogP contribution is 2.44. The Hall–Kier alpha value is -3.66. The Kier molecular flexibility index (Phi) is 7.44. The number of nitrogens with two attached hydrogens (primary N) is 1. The van der Waals surface area contributed by atoms with Crippen molar-refractivity contribution in [1.29, 1.82) is 5.26 Å². The second-order valence-corrected chi connectivity index (χ2v) is 9.52. The summed E-state index contributed by atoms with van der Waals surface area (Å²) in [7, 11) is 0. The van der Waals surface area contributed by atoms with E-state index >= 15 is 0 Å². The van der Waals surface area contributed by atoms with Gasteiger partial charge in [-0.05, 0) is 54.3 Å². The number of fused-ring (bicyclic) bond motifs is 1. The van der Waals surface area contributed by atoms with E-state index in [-0.39, 0.29) is 17.2 Å². The van der Waals surface area contributed by atoms with Crippen molar-refractivity contribution in [2.75, 3.05) is 0 Å². The van der Waals surface area contributed by atoms with Crippen molar-refractivity contribution in [2.45, 2.75) is 38.7 Å². The van der Waals surface area contributed by atoms with E-state index < -0.39 is 18.0 Å². The molecule has 0 saturated heterocycles. The summed E-state index contributed by atoms with van der Waals surface area (Å²) >= 11 is 12.3. The van der Waals surface area contributed by atoms with Gasteiger partial charge in [0.2, 0.25) is 5.88 Å². The normalized spacial score (nSPS) is 15.5. The van der Waals surface area contributed by atoms with Crippen molar-refractivity contribution < 1.29 is 19.0 Å². The third kappa shape index (κ3) is 5.28. The van der Waals surface area contributed by atoms with Crippen LogP contribution in [0.15, 0.2) is 72.1 Å². The number of hydrogen-bond donors (Lipinski definition) is 1. The number of ether oxygens (including phenoxy) is 3. The summed E-state index contributed by atoms with van der Waals surface area (Å²) < 4.78 is 17.0. The molecule has 0 spiro atoms. The highest BCUT2D eigenvalue weighted by molar-refractivity contribution is 6.42. The minimum absolute atomic E-state index is 0.0360. The summed E-state index contributed by atoms with van der Waals surface area (Å²) in [5, 5.41) is 10.5. The first-order chi connectivity index (χ1) is 17.2. The Labute approximate surface area is 219 Å². The number of halogens is 2. The molecule has 1 heterocycles. The molecule has 3 aromatic rings. The Morgan fingerprint density at radius 1 is 1.00 bits per heavy atom. The zero-order valence-electron chi connectivity index (χ0n) is 19.9. The third-order valence-electron chi connectivity index (χ3n) is 5.88. The van der Waals surface area contributed by atoms with E-state index in [0.29, 0.717) is 33.0 Å². The number of hydrogen-bond acceptors (Lipinski definition) is 6. The standard InChI is InChI=1S/C28H24Cl2N2O4/c1-15(2)17-4-7-19(8-5-17)34-16(3)28(33)35-20-9-10-21-25(13-20)36-27(32)22(14-31)26(21)18-6-11-23(29)24(30)12-18/h4-13,15-16,26H,32H2,1-3H3. The largest absolute Gasteiger partial charge is 0.479 e. The first-order valence-corrected chi connectivity index (χ1v) is 12.1. The van der Waals surface area contributed by atoms with Crippen molar-refractivity contribution in [3.8, 4) is 23.3 Å². The molecule has 184 valence electrons. The maximum Gasteiger partial charge on any atom is 0.352 e. The minimum Gasteiger partial charge on any atom is -0.479 e. The van der Waals surface area contributed by atoms with Gasteiger partial charge in [-0.1, -0.05) is 61.3 Å². The second-order valence-electron chi connectivity index (χ2n) is 8.70. The van der Waals surface area contributed by atoms with Crippen LogP contribution in [0.5, 0.6) is 17.2 Å². The van der Waals surface area contributed by atoms with E-state index in [2.05, 4.69) is 19.9 Å². The lowest BCUT2D eigenvalue weighted by Crippen LogP contribution is -2.28. The van der Waals surface area contributed by atoms with Crippen LogP contribution in [0.4, 0.5) is 0 Å². The fourth-order valence-electron chi connectivity index (χ4n) is 3.92. The molecule has 2 unspecified atom stereocenters. The average molecular weight is 523 g/mol. The van der Waals surface area contributed by atoms with Crippen LogP contribution in [0.2, 0.25) is 10.0 Å². The van der Waals surface area contributed by atoms with Gasteiger partial charge < -0.3 is 19.9 Å². The van der Waals surface area contributed by atoms with E-state index in [9.17, 15) is 10.1 Å². The number of carbonyl (C=O) groups is 1. The topological polar surface area (TPSA) is 94.6 Å². The van der Waals surface area contributed by atoms with Crippen LogP contribution in [0.3, 0.4) is 0 Å². The molecular weight excluding hydrogens is 499 g/mol. The predicted molar refractivity (Wildman–Crippen MR) is 138 cm³/mol. The molecule has 0 saturated carbocycles. The molecule has 0 aromatic heterocycles. The van der Waals surface area contributed by atoms with Gasteiger partial charge in [-0.3, -0.25) is 0 Å². The molecule has 36 heavy (non-hydrogen) atoms. The van der Waals surface area contributed by atoms with Crippen molar-refractivity contribution in [3.05, 3.63) is 98.9 Å². The lowest BCUT2D eigenvalue weighted by Gasteiger charge is -2.27. The van der Waals surface area contributed by atoms with Gasteiger partial charge in [0.25, 0.3) is 0 Å². The molecule has 0 aliphatic carbocycles. The fraction of sp³-hybridized carbons (Fsp3) is 0.214. The van der Waals surface area contributed by atoms with Crippen molar-refractivity contribution in [3.63, 3.8) is 0 Å². The highest BCUT2D eigenvalue weighted by Gasteiger charge is 2.31. The summed E-state index contributed by atoms with van der Waals surface area (Å²) in [5.41, 5.74) is 8.89. The van der Waals surface area contributed by atoms with E-state index in [1.54, 1.807) is 43.3 Å². The molecule has 1 aliphatic heterocycles. The second kappa shape index (κ2) is 10.5. The van der Waals surface area contributed by atoms with Crippen LogP contribution in [0.25, 0.3) is 0 Å². The SMILES string of the molecule is CC(Oc1ccc(C(C)C)cc1)C(=O)Oc1ccc2c(c1)OC(N)=C(C#N)C2c1ccc(Cl)c(Cl)c1. The van der Waals surface area contributed by atoms with Gasteiger partial charge in [0.1, 0.15) is 28.9 Å². The highest BCUT2D eigenvalue weighted by atomic mass is 35.5. The summed E-state index contributed by atoms with van der Waals surface area (Å²) in [6, 6.07) is 19.8. The number of carbonyl (C=O) groups excluding carboxylic acids is 1. The molecule has 1 aliphatic rings. The van der Waals surface area contributed by atoms with Crippen LogP contribution in [0, 0.1) is 11.3 Å². The maximum atomic E-state index is 12.7. The molecule has 0 fully saturated rings. The van der Waals surface area contributed by atoms with Crippen LogP contribution in [-0.4, -0.2) is 12.1 Å². The molecule has 8 heteroatoms. The van der Waals surface area contributed by atoms with Crippen molar-refractivity contribution >= 4 is 29.2 Å². The Bertz CT molecular complexity index is 1380. The lowest BCUT2D eigenvalue weighted by molar-refractivity contribution is -0.141. The zero-order chi connectivity index (χ0) is 26.0. The first-order valence-electron chi connectivity index (χ1n) is 11.3. The number of esters is 1. The van der Waals surface area contributed by atoms with Gasteiger partial charge in [0, 0.05) is 11.6 Å². The van der Waals surface area contributed by atoms with Crippen LogP contribution < -0.4 is 19.9 Å². The first kappa shape index (κ1) is 25.4. The number of rotatable bonds is 6. The van der Waals surface area contributed by atoms with Gasteiger partial charge in [-0.2, -0.15) is 5.26 Å². The lowest BCUT2D eigenvalue weighted by atomic mass is 9.83. The molecule has 0 amide bonds. The van der Waals surface area contributed by atoms with Crippen molar-refractivity contribution in [1.82, 2.24) is 0 Å². The summed E-state index contributed by atoms with van der Waals surface area (Å²) in [6.45, 7) is 5.83. The molecule has 0 bridgehead atoms. The fourth-order valence-corrected chi connectivity index (χ4v) is 4.22. The van der Waals surface area contributed by atoms with Gasteiger partial charge in [-0.15, -0.1) is 0 Å². The smallest absolute Gasteiger partial charge is 0.352 e. The number of nitrogens with zero attached hydrogens (tertiary/aromatic N) is 1. The molecule has 0 radical (unpaired) electrons. The van der Waals surface area contributed by atoms with Crippen LogP contribution in [0.1, 0.15) is 49.3 Å². The molecule has 6 nitrogen and oxygen atoms in total. The molecule has 2 N–H and O–H groups in total. The van der Waals surface area contributed by atoms with Crippen molar-refractivity contribution in [2.24, 2.45) is 5.73 Å².